The number of carbonyl (C=O) groups excluding carboxylic acids is 1. The molecule has 0 spiro atoms. The maximum Gasteiger partial charge on any atom is 0.243 e. The van der Waals surface area contributed by atoms with E-state index in [2.05, 4.69) is 20.3 Å². The fourth-order valence-electron chi connectivity index (χ4n) is 2.66. The van der Waals surface area contributed by atoms with Crippen LogP contribution in [0.1, 0.15) is 11.3 Å². The first-order valence-corrected chi connectivity index (χ1v) is 9.33. The predicted molar refractivity (Wildman–Crippen MR) is 113 cm³/mol. The summed E-state index contributed by atoms with van der Waals surface area (Å²) in [5.41, 5.74) is 3.00. The standard InChI is InChI=1S/C20H19Cl2N5O/c1-12-13(2)24-19(17-6-4-5-9-23-17)26-20(12)27(3)11-18(28)25-14-7-8-15(21)16(22)10-14/h4-10H,11H2,1-3H3,(H,25,28). The Kier molecular flexibility index (Phi) is 6.11. The van der Waals surface area contributed by atoms with Crippen molar-refractivity contribution in [1.82, 2.24) is 15.0 Å². The molecule has 3 rings (SSSR count). The van der Waals surface area contributed by atoms with Crippen LogP contribution in [0.15, 0.2) is 42.6 Å². The number of hydrogen-bond acceptors (Lipinski definition) is 5. The number of amides is 1. The summed E-state index contributed by atoms with van der Waals surface area (Å²) in [7, 11) is 1.81. The average Bonchev–Trinajstić information content (AvgIpc) is 2.67. The van der Waals surface area contributed by atoms with Gasteiger partial charge in [-0.1, -0.05) is 29.3 Å². The van der Waals surface area contributed by atoms with Crippen LogP contribution in [0.5, 0.6) is 0 Å². The molecule has 0 unspecified atom stereocenters. The number of nitrogens with zero attached hydrogens (tertiary/aromatic N) is 4. The largest absolute Gasteiger partial charge is 0.350 e. The van der Waals surface area contributed by atoms with Gasteiger partial charge in [-0.05, 0) is 44.2 Å². The van der Waals surface area contributed by atoms with E-state index in [-0.39, 0.29) is 12.5 Å². The number of halogens is 2. The molecule has 2 heterocycles. The Morgan fingerprint density at radius 1 is 1.11 bits per heavy atom. The minimum absolute atomic E-state index is 0.110. The Balaban J connectivity index is 1.79. The summed E-state index contributed by atoms with van der Waals surface area (Å²) in [6.07, 6.45) is 1.70. The second-order valence-corrected chi connectivity index (χ2v) is 7.14. The van der Waals surface area contributed by atoms with Crippen molar-refractivity contribution < 1.29 is 4.79 Å². The molecule has 1 aromatic carbocycles. The molecule has 6 nitrogen and oxygen atoms in total. The lowest BCUT2D eigenvalue weighted by atomic mass is 10.2. The van der Waals surface area contributed by atoms with Gasteiger partial charge in [-0.2, -0.15) is 0 Å². The van der Waals surface area contributed by atoms with Gasteiger partial charge in [0.05, 0.1) is 16.6 Å². The highest BCUT2D eigenvalue weighted by atomic mass is 35.5. The highest BCUT2D eigenvalue weighted by Crippen LogP contribution is 2.25. The van der Waals surface area contributed by atoms with Gasteiger partial charge in [0.25, 0.3) is 0 Å². The van der Waals surface area contributed by atoms with E-state index in [0.29, 0.717) is 33.1 Å². The third-order valence-electron chi connectivity index (χ3n) is 4.20. The second-order valence-electron chi connectivity index (χ2n) is 6.33. The highest BCUT2D eigenvalue weighted by molar-refractivity contribution is 6.42. The molecule has 144 valence electrons. The number of pyridine rings is 1. The van der Waals surface area contributed by atoms with Crippen molar-refractivity contribution >= 4 is 40.6 Å². The van der Waals surface area contributed by atoms with Crippen molar-refractivity contribution in [2.45, 2.75) is 13.8 Å². The smallest absolute Gasteiger partial charge is 0.243 e. The van der Waals surface area contributed by atoms with Crippen LogP contribution in [-0.4, -0.2) is 34.5 Å². The summed E-state index contributed by atoms with van der Waals surface area (Å²) in [5.74, 6) is 1.00. The van der Waals surface area contributed by atoms with Crippen LogP contribution in [0.3, 0.4) is 0 Å². The highest BCUT2D eigenvalue weighted by Gasteiger charge is 2.16. The van der Waals surface area contributed by atoms with Gasteiger partial charge in [0.2, 0.25) is 5.91 Å². The Labute approximate surface area is 173 Å². The lowest BCUT2D eigenvalue weighted by Gasteiger charge is -2.21. The third kappa shape index (κ3) is 4.58. The number of aryl methyl sites for hydroxylation is 1. The second kappa shape index (κ2) is 8.54. The number of carbonyl (C=O) groups is 1. The lowest BCUT2D eigenvalue weighted by Crippen LogP contribution is -2.31. The number of aromatic nitrogens is 3. The molecule has 0 fully saturated rings. The molecular weight excluding hydrogens is 397 g/mol. The van der Waals surface area contributed by atoms with Crippen LogP contribution in [0, 0.1) is 13.8 Å². The number of benzene rings is 1. The number of likely N-dealkylation sites (N-methyl/N-ethyl adjacent to an activating group) is 1. The Morgan fingerprint density at radius 3 is 2.57 bits per heavy atom. The molecule has 0 saturated carbocycles. The average molecular weight is 416 g/mol. The van der Waals surface area contributed by atoms with Crippen molar-refractivity contribution in [3.63, 3.8) is 0 Å². The molecule has 0 saturated heterocycles. The number of hydrogen-bond donors (Lipinski definition) is 1. The summed E-state index contributed by atoms with van der Waals surface area (Å²) in [6, 6.07) is 10.5. The van der Waals surface area contributed by atoms with Crippen LogP contribution < -0.4 is 10.2 Å². The molecular formula is C20H19Cl2N5O. The zero-order valence-electron chi connectivity index (χ0n) is 15.7. The molecule has 2 aromatic heterocycles. The molecule has 8 heteroatoms. The molecule has 0 radical (unpaired) electrons. The molecule has 0 aliphatic heterocycles. The quantitative estimate of drug-likeness (QED) is 0.662. The molecule has 3 aromatic rings. The van der Waals surface area contributed by atoms with Crippen molar-refractivity contribution in [1.29, 1.82) is 0 Å². The Morgan fingerprint density at radius 2 is 1.89 bits per heavy atom. The molecule has 0 bridgehead atoms. The molecule has 28 heavy (non-hydrogen) atoms. The van der Waals surface area contributed by atoms with Gasteiger partial charge in [0.1, 0.15) is 11.5 Å². The van der Waals surface area contributed by atoms with Gasteiger partial charge < -0.3 is 10.2 Å². The van der Waals surface area contributed by atoms with E-state index < -0.39 is 0 Å². The minimum atomic E-state index is -0.198. The van der Waals surface area contributed by atoms with Crippen molar-refractivity contribution in [3.05, 3.63) is 63.9 Å². The summed E-state index contributed by atoms with van der Waals surface area (Å²) in [4.78, 5) is 27.7. The van der Waals surface area contributed by atoms with Gasteiger partial charge >= 0.3 is 0 Å². The minimum Gasteiger partial charge on any atom is -0.350 e. The Hall–Kier alpha value is -2.70. The van der Waals surface area contributed by atoms with Crippen LogP contribution in [0.2, 0.25) is 10.0 Å². The van der Waals surface area contributed by atoms with E-state index in [1.807, 2.05) is 39.1 Å². The molecule has 1 N–H and O–H groups in total. The number of rotatable bonds is 5. The van der Waals surface area contributed by atoms with E-state index in [9.17, 15) is 4.79 Å². The number of anilines is 2. The van der Waals surface area contributed by atoms with Crippen molar-refractivity contribution in [2.24, 2.45) is 0 Å². The summed E-state index contributed by atoms with van der Waals surface area (Å²) in [6.45, 7) is 3.95. The van der Waals surface area contributed by atoms with E-state index >= 15 is 0 Å². The maximum absolute atomic E-state index is 12.5. The van der Waals surface area contributed by atoms with Crippen LogP contribution in [-0.2, 0) is 4.79 Å². The van der Waals surface area contributed by atoms with E-state index in [1.165, 1.54) is 0 Å². The zero-order chi connectivity index (χ0) is 20.3. The van der Waals surface area contributed by atoms with Gasteiger partial charge in [0, 0.05) is 30.2 Å². The van der Waals surface area contributed by atoms with Crippen LogP contribution >= 0.6 is 23.2 Å². The zero-order valence-corrected chi connectivity index (χ0v) is 17.2. The van der Waals surface area contributed by atoms with E-state index in [4.69, 9.17) is 23.2 Å². The first kappa shape index (κ1) is 20.0. The van der Waals surface area contributed by atoms with Gasteiger partial charge in [-0.25, -0.2) is 9.97 Å². The maximum atomic E-state index is 12.5. The fraction of sp³-hybridized carbons (Fsp3) is 0.200. The monoisotopic (exact) mass is 415 g/mol. The van der Waals surface area contributed by atoms with E-state index in [1.54, 1.807) is 29.3 Å². The summed E-state index contributed by atoms with van der Waals surface area (Å²) < 4.78 is 0. The molecule has 0 aliphatic carbocycles. The molecule has 0 atom stereocenters. The van der Waals surface area contributed by atoms with Crippen LogP contribution in [0.25, 0.3) is 11.5 Å². The first-order valence-electron chi connectivity index (χ1n) is 8.58. The van der Waals surface area contributed by atoms with Crippen molar-refractivity contribution in [3.8, 4) is 11.5 Å². The molecule has 1 amide bonds. The first-order chi connectivity index (χ1) is 13.3. The number of nitrogens with one attached hydrogen (secondary N) is 1. The van der Waals surface area contributed by atoms with Gasteiger partial charge in [-0.3, -0.25) is 9.78 Å². The van der Waals surface area contributed by atoms with Gasteiger partial charge in [-0.15, -0.1) is 0 Å². The fourth-order valence-corrected chi connectivity index (χ4v) is 2.96. The van der Waals surface area contributed by atoms with Gasteiger partial charge in [0.15, 0.2) is 5.82 Å². The topological polar surface area (TPSA) is 71.0 Å². The van der Waals surface area contributed by atoms with Crippen molar-refractivity contribution in [2.75, 3.05) is 23.8 Å². The Bertz CT molecular complexity index is 1010. The van der Waals surface area contributed by atoms with Crippen LogP contribution in [0.4, 0.5) is 11.5 Å². The lowest BCUT2D eigenvalue weighted by molar-refractivity contribution is -0.114. The SMILES string of the molecule is Cc1nc(-c2ccccn2)nc(N(C)CC(=O)Nc2ccc(Cl)c(Cl)c2)c1C. The summed E-state index contributed by atoms with van der Waals surface area (Å²) >= 11 is 11.9. The third-order valence-corrected chi connectivity index (χ3v) is 4.94. The normalized spacial score (nSPS) is 10.6. The summed E-state index contributed by atoms with van der Waals surface area (Å²) in [5, 5.41) is 3.63. The molecule has 0 aliphatic rings. The van der Waals surface area contributed by atoms with E-state index in [0.717, 1.165) is 11.3 Å². The predicted octanol–water partition coefficient (Wildman–Crippen LogP) is 4.54.